The fourth-order valence-electron chi connectivity index (χ4n) is 2.84. The first-order valence-electron chi connectivity index (χ1n) is 9.17. The summed E-state index contributed by atoms with van der Waals surface area (Å²) in [6.07, 6.45) is 4.31. The Kier molecular flexibility index (Phi) is 5.46. The van der Waals surface area contributed by atoms with Gasteiger partial charge in [-0.25, -0.2) is 28.1 Å². The SMILES string of the molecule is Cc1ccccc1-c1cc(Oc2cncnc2)nc(NS(=O)(=O)c2cccc(N)c2)n1. The second-order valence-corrected chi connectivity index (χ2v) is 8.27. The number of rotatable bonds is 6. The Morgan fingerprint density at radius 3 is 2.48 bits per heavy atom. The summed E-state index contributed by atoms with van der Waals surface area (Å²) in [5, 5.41) is 0. The molecule has 0 saturated carbocycles. The van der Waals surface area contributed by atoms with Crippen LogP contribution in [-0.4, -0.2) is 28.4 Å². The van der Waals surface area contributed by atoms with Gasteiger partial charge in [-0.1, -0.05) is 30.3 Å². The van der Waals surface area contributed by atoms with E-state index in [1.807, 2.05) is 31.2 Å². The van der Waals surface area contributed by atoms with E-state index in [0.717, 1.165) is 11.1 Å². The van der Waals surface area contributed by atoms with Crippen LogP contribution in [0.25, 0.3) is 11.3 Å². The van der Waals surface area contributed by atoms with E-state index in [9.17, 15) is 8.42 Å². The highest BCUT2D eigenvalue weighted by molar-refractivity contribution is 7.92. The van der Waals surface area contributed by atoms with E-state index in [-0.39, 0.29) is 16.7 Å². The predicted molar refractivity (Wildman–Crippen MR) is 116 cm³/mol. The molecule has 0 fully saturated rings. The summed E-state index contributed by atoms with van der Waals surface area (Å²) in [6, 6.07) is 15.1. The molecule has 0 spiro atoms. The minimum atomic E-state index is -3.97. The quantitative estimate of drug-likeness (QED) is 0.441. The predicted octanol–water partition coefficient (Wildman–Crippen LogP) is 3.42. The minimum Gasteiger partial charge on any atom is -0.436 e. The number of hydrogen-bond acceptors (Lipinski definition) is 8. The Bertz CT molecular complexity index is 1330. The van der Waals surface area contributed by atoms with Crippen LogP contribution in [0.3, 0.4) is 0 Å². The third-order valence-corrected chi connectivity index (χ3v) is 5.60. The van der Waals surface area contributed by atoms with E-state index < -0.39 is 10.0 Å². The number of aromatic nitrogens is 4. The lowest BCUT2D eigenvalue weighted by molar-refractivity contribution is 0.458. The molecule has 0 amide bonds. The number of aryl methyl sites for hydroxylation is 1. The lowest BCUT2D eigenvalue weighted by Gasteiger charge is -2.12. The Morgan fingerprint density at radius 1 is 0.968 bits per heavy atom. The first-order chi connectivity index (χ1) is 14.9. The molecule has 0 aliphatic rings. The van der Waals surface area contributed by atoms with Crippen molar-refractivity contribution < 1.29 is 13.2 Å². The van der Waals surface area contributed by atoms with Gasteiger partial charge in [0.15, 0.2) is 5.75 Å². The summed E-state index contributed by atoms with van der Waals surface area (Å²) in [4.78, 5) is 16.4. The van der Waals surface area contributed by atoms with Crippen molar-refractivity contribution in [1.82, 2.24) is 19.9 Å². The number of nitrogens with two attached hydrogens (primary N) is 1. The van der Waals surface area contributed by atoms with Crippen LogP contribution in [0.1, 0.15) is 5.56 Å². The Labute approximate surface area is 179 Å². The van der Waals surface area contributed by atoms with Gasteiger partial charge in [0.1, 0.15) is 6.33 Å². The van der Waals surface area contributed by atoms with Crippen LogP contribution in [0.2, 0.25) is 0 Å². The summed E-state index contributed by atoms with van der Waals surface area (Å²) in [6.45, 7) is 1.93. The molecular weight excluding hydrogens is 416 g/mol. The van der Waals surface area contributed by atoms with Gasteiger partial charge in [0.25, 0.3) is 10.0 Å². The molecule has 156 valence electrons. The Hall–Kier alpha value is -4.05. The van der Waals surface area contributed by atoms with Crippen molar-refractivity contribution in [3.8, 4) is 22.9 Å². The molecule has 0 radical (unpaired) electrons. The number of nitrogens with one attached hydrogen (secondary N) is 1. The molecule has 0 unspecified atom stereocenters. The van der Waals surface area contributed by atoms with Gasteiger partial charge >= 0.3 is 0 Å². The number of sulfonamides is 1. The maximum absolute atomic E-state index is 12.8. The molecule has 2 aromatic heterocycles. The first kappa shape index (κ1) is 20.2. The molecule has 4 rings (SSSR count). The molecule has 4 aromatic rings. The van der Waals surface area contributed by atoms with E-state index >= 15 is 0 Å². The lowest BCUT2D eigenvalue weighted by atomic mass is 10.1. The minimum absolute atomic E-state index is 0.00341. The van der Waals surface area contributed by atoms with Crippen LogP contribution in [-0.2, 0) is 10.0 Å². The van der Waals surface area contributed by atoms with Crippen molar-refractivity contribution >= 4 is 21.7 Å². The van der Waals surface area contributed by atoms with Gasteiger partial charge in [0.05, 0.1) is 23.0 Å². The average Bonchev–Trinajstić information content (AvgIpc) is 2.74. The van der Waals surface area contributed by atoms with Crippen LogP contribution in [0.15, 0.2) is 78.2 Å². The second kappa shape index (κ2) is 8.36. The van der Waals surface area contributed by atoms with Crippen molar-refractivity contribution in [1.29, 1.82) is 0 Å². The summed E-state index contributed by atoms with van der Waals surface area (Å²) < 4.78 is 33.8. The molecule has 0 saturated heterocycles. The number of hydrogen-bond donors (Lipinski definition) is 2. The van der Waals surface area contributed by atoms with Gasteiger partial charge in [-0.3, -0.25) is 0 Å². The van der Waals surface area contributed by atoms with Crippen molar-refractivity contribution in [3.63, 3.8) is 0 Å². The average molecular weight is 434 g/mol. The molecule has 9 nitrogen and oxygen atoms in total. The van der Waals surface area contributed by atoms with Gasteiger partial charge in [-0.2, -0.15) is 4.98 Å². The summed E-state index contributed by atoms with van der Waals surface area (Å²) >= 11 is 0. The van der Waals surface area contributed by atoms with Gasteiger partial charge in [0.2, 0.25) is 11.8 Å². The van der Waals surface area contributed by atoms with Gasteiger partial charge in [0, 0.05) is 17.3 Å². The Balaban J connectivity index is 1.77. The lowest BCUT2D eigenvalue weighted by Crippen LogP contribution is -2.15. The smallest absolute Gasteiger partial charge is 0.264 e. The first-order valence-corrected chi connectivity index (χ1v) is 10.7. The maximum atomic E-state index is 12.8. The molecule has 3 N–H and O–H groups in total. The highest BCUT2D eigenvalue weighted by Crippen LogP contribution is 2.28. The van der Waals surface area contributed by atoms with E-state index in [2.05, 4.69) is 24.7 Å². The van der Waals surface area contributed by atoms with Gasteiger partial charge < -0.3 is 10.5 Å². The number of ether oxygens (including phenoxy) is 1. The van der Waals surface area contributed by atoms with Gasteiger partial charge in [-0.15, -0.1) is 0 Å². The summed E-state index contributed by atoms with van der Waals surface area (Å²) in [5.74, 6) is 0.338. The molecule has 31 heavy (non-hydrogen) atoms. The van der Waals surface area contributed by atoms with Crippen molar-refractivity contribution in [3.05, 3.63) is 78.9 Å². The second-order valence-electron chi connectivity index (χ2n) is 6.58. The van der Waals surface area contributed by atoms with Crippen LogP contribution in [0.4, 0.5) is 11.6 Å². The maximum Gasteiger partial charge on any atom is 0.264 e. The molecule has 0 bridgehead atoms. The third kappa shape index (κ3) is 4.75. The summed E-state index contributed by atoms with van der Waals surface area (Å²) in [5.41, 5.74) is 8.30. The zero-order chi connectivity index (χ0) is 21.8. The van der Waals surface area contributed by atoms with Crippen molar-refractivity contribution in [2.24, 2.45) is 0 Å². The van der Waals surface area contributed by atoms with Crippen LogP contribution < -0.4 is 15.2 Å². The van der Waals surface area contributed by atoms with Crippen LogP contribution >= 0.6 is 0 Å². The fraction of sp³-hybridized carbons (Fsp3) is 0.0476. The van der Waals surface area contributed by atoms with E-state index in [1.54, 1.807) is 18.2 Å². The molecule has 2 aromatic carbocycles. The Morgan fingerprint density at radius 2 is 1.74 bits per heavy atom. The highest BCUT2D eigenvalue weighted by atomic mass is 32.2. The molecule has 10 heteroatoms. The van der Waals surface area contributed by atoms with E-state index in [1.165, 1.54) is 30.9 Å². The van der Waals surface area contributed by atoms with E-state index in [4.69, 9.17) is 10.5 Å². The molecule has 0 aliphatic heterocycles. The summed E-state index contributed by atoms with van der Waals surface area (Å²) in [7, 11) is -3.97. The van der Waals surface area contributed by atoms with E-state index in [0.29, 0.717) is 17.1 Å². The third-order valence-electron chi connectivity index (χ3n) is 4.28. The molecule has 0 atom stereocenters. The number of anilines is 2. The normalized spacial score (nSPS) is 11.1. The molecule has 2 heterocycles. The number of benzene rings is 2. The molecule has 0 aliphatic carbocycles. The number of nitrogen functional groups attached to an aromatic ring is 1. The zero-order valence-electron chi connectivity index (χ0n) is 16.4. The van der Waals surface area contributed by atoms with Crippen molar-refractivity contribution in [2.45, 2.75) is 11.8 Å². The monoisotopic (exact) mass is 434 g/mol. The van der Waals surface area contributed by atoms with Gasteiger partial charge in [-0.05, 0) is 30.7 Å². The zero-order valence-corrected chi connectivity index (χ0v) is 17.2. The largest absolute Gasteiger partial charge is 0.436 e. The number of nitrogens with zero attached hydrogens (tertiary/aromatic N) is 4. The van der Waals surface area contributed by atoms with Crippen LogP contribution in [0, 0.1) is 6.92 Å². The standard InChI is InChI=1S/C21H18N6O3S/c1-14-5-2-3-8-18(14)19-10-20(30-16-11-23-13-24-12-16)26-21(25-19)27-31(28,29)17-7-4-6-15(22)9-17/h2-13H,22H2,1H3,(H,25,26,27). The fourth-order valence-corrected chi connectivity index (χ4v) is 3.84. The highest BCUT2D eigenvalue weighted by Gasteiger charge is 2.18. The van der Waals surface area contributed by atoms with Crippen LogP contribution in [0.5, 0.6) is 11.6 Å². The van der Waals surface area contributed by atoms with Crippen molar-refractivity contribution in [2.75, 3.05) is 10.5 Å². The molecular formula is C21H18N6O3S. The topological polar surface area (TPSA) is 133 Å².